The molecule has 0 amide bonds. The smallest absolute Gasteiger partial charge is 0.191 e. The molecule has 0 aliphatic carbocycles. The van der Waals surface area contributed by atoms with Crippen molar-refractivity contribution >= 4 is 29.9 Å². The molecule has 0 aromatic carbocycles. The van der Waals surface area contributed by atoms with Crippen molar-refractivity contribution in [2.75, 3.05) is 40.3 Å². The maximum absolute atomic E-state index is 4.60. The van der Waals surface area contributed by atoms with Gasteiger partial charge in [0.2, 0.25) is 0 Å². The van der Waals surface area contributed by atoms with Crippen molar-refractivity contribution in [2.24, 2.45) is 10.4 Å². The van der Waals surface area contributed by atoms with Gasteiger partial charge < -0.3 is 15.5 Å². The van der Waals surface area contributed by atoms with Crippen LogP contribution < -0.4 is 10.6 Å². The molecule has 0 unspecified atom stereocenters. The number of hydrogen-bond donors (Lipinski definition) is 2. The second-order valence-corrected chi connectivity index (χ2v) is 5.13. The lowest BCUT2D eigenvalue weighted by Crippen LogP contribution is -2.39. The molecule has 0 saturated carbocycles. The molecule has 0 radical (unpaired) electrons. The SMILES string of the molecule is CCNC(=NCC(C)(C)CN(C)C)NCC.I. The third-order valence-corrected chi connectivity index (χ3v) is 2.10. The van der Waals surface area contributed by atoms with E-state index < -0.39 is 0 Å². The van der Waals surface area contributed by atoms with Crippen molar-refractivity contribution in [3.63, 3.8) is 0 Å². The van der Waals surface area contributed by atoms with E-state index in [2.05, 4.69) is 62.3 Å². The van der Waals surface area contributed by atoms with Crippen molar-refractivity contribution in [1.82, 2.24) is 15.5 Å². The van der Waals surface area contributed by atoms with Crippen molar-refractivity contribution in [1.29, 1.82) is 0 Å². The van der Waals surface area contributed by atoms with Crippen LogP contribution in [0.25, 0.3) is 0 Å². The summed E-state index contributed by atoms with van der Waals surface area (Å²) in [5.74, 6) is 0.914. The average Bonchev–Trinajstić information content (AvgIpc) is 2.13. The number of guanidine groups is 1. The zero-order valence-electron chi connectivity index (χ0n) is 12.1. The van der Waals surface area contributed by atoms with Gasteiger partial charge in [-0.05, 0) is 33.4 Å². The van der Waals surface area contributed by atoms with E-state index in [4.69, 9.17) is 0 Å². The molecule has 0 aromatic rings. The first-order valence-corrected chi connectivity index (χ1v) is 6.08. The minimum absolute atomic E-state index is 0. The van der Waals surface area contributed by atoms with Crippen LogP contribution in [0, 0.1) is 5.41 Å². The molecule has 104 valence electrons. The molecule has 0 aliphatic heterocycles. The fourth-order valence-electron chi connectivity index (χ4n) is 1.71. The molecular weight excluding hydrogens is 327 g/mol. The monoisotopic (exact) mass is 356 g/mol. The molecule has 0 aromatic heterocycles. The summed E-state index contributed by atoms with van der Waals surface area (Å²) in [6.45, 7) is 12.3. The van der Waals surface area contributed by atoms with E-state index in [0.29, 0.717) is 0 Å². The summed E-state index contributed by atoms with van der Waals surface area (Å²) in [5, 5.41) is 6.47. The minimum atomic E-state index is 0. The van der Waals surface area contributed by atoms with Crippen molar-refractivity contribution in [2.45, 2.75) is 27.7 Å². The quantitative estimate of drug-likeness (QED) is 0.433. The highest BCUT2D eigenvalue weighted by Gasteiger charge is 2.18. The second kappa shape index (κ2) is 9.94. The van der Waals surface area contributed by atoms with Crippen molar-refractivity contribution in [3.05, 3.63) is 0 Å². The summed E-state index contributed by atoms with van der Waals surface area (Å²) in [6, 6.07) is 0. The van der Waals surface area contributed by atoms with E-state index in [1.807, 2.05) is 0 Å². The van der Waals surface area contributed by atoms with Gasteiger partial charge in [0.15, 0.2) is 5.96 Å². The number of nitrogens with zero attached hydrogens (tertiary/aromatic N) is 2. The standard InChI is InChI=1S/C12H28N4.HI/c1-7-13-11(14-8-2)15-9-12(3,4)10-16(5)6;/h7-10H2,1-6H3,(H2,13,14,15);1H. The number of rotatable bonds is 6. The molecule has 0 saturated heterocycles. The molecule has 0 spiro atoms. The van der Waals surface area contributed by atoms with Gasteiger partial charge in [-0.3, -0.25) is 4.99 Å². The highest BCUT2D eigenvalue weighted by atomic mass is 127. The molecule has 0 aliphatic rings. The first-order valence-electron chi connectivity index (χ1n) is 6.08. The Bertz CT molecular complexity index is 207. The van der Waals surface area contributed by atoms with E-state index in [-0.39, 0.29) is 29.4 Å². The van der Waals surface area contributed by atoms with Crippen LogP contribution in [-0.4, -0.2) is 51.1 Å². The fraction of sp³-hybridized carbons (Fsp3) is 0.917. The van der Waals surface area contributed by atoms with Gasteiger partial charge in [-0.25, -0.2) is 0 Å². The lowest BCUT2D eigenvalue weighted by atomic mass is 9.93. The summed E-state index contributed by atoms with van der Waals surface area (Å²) in [5.41, 5.74) is 0.208. The van der Waals surface area contributed by atoms with Crippen molar-refractivity contribution in [3.8, 4) is 0 Å². The van der Waals surface area contributed by atoms with Gasteiger partial charge in [0.1, 0.15) is 0 Å². The Balaban J connectivity index is 0. The molecule has 0 heterocycles. The van der Waals surface area contributed by atoms with Gasteiger partial charge >= 0.3 is 0 Å². The Morgan fingerprint density at radius 3 is 1.94 bits per heavy atom. The van der Waals surface area contributed by atoms with Gasteiger partial charge in [-0.2, -0.15) is 0 Å². The highest BCUT2D eigenvalue weighted by molar-refractivity contribution is 14.0. The molecule has 17 heavy (non-hydrogen) atoms. The maximum Gasteiger partial charge on any atom is 0.191 e. The van der Waals surface area contributed by atoms with Crippen LogP contribution in [0.15, 0.2) is 4.99 Å². The zero-order chi connectivity index (χ0) is 12.6. The predicted molar refractivity (Wildman–Crippen MR) is 87.4 cm³/mol. The predicted octanol–water partition coefficient (Wildman–Crippen LogP) is 1.77. The van der Waals surface area contributed by atoms with E-state index in [9.17, 15) is 0 Å². The first kappa shape index (κ1) is 19.3. The molecular formula is C12H29IN4. The van der Waals surface area contributed by atoms with Crippen LogP contribution in [0.2, 0.25) is 0 Å². The first-order chi connectivity index (χ1) is 7.41. The molecule has 0 atom stereocenters. The van der Waals surface area contributed by atoms with Gasteiger partial charge in [0.05, 0.1) is 0 Å². The molecule has 4 nitrogen and oxygen atoms in total. The van der Waals surface area contributed by atoms with E-state index in [1.54, 1.807) is 0 Å². The summed E-state index contributed by atoms with van der Waals surface area (Å²) < 4.78 is 0. The van der Waals surface area contributed by atoms with Crippen LogP contribution in [0.5, 0.6) is 0 Å². The third kappa shape index (κ3) is 10.8. The van der Waals surface area contributed by atoms with Crippen LogP contribution in [0.3, 0.4) is 0 Å². The Labute approximate surface area is 124 Å². The highest BCUT2D eigenvalue weighted by Crippen LogP contribution is 2.15. The number of halogens is 1. The van der Waals surface area contributed by atoms with Gasteiger partial charge in [-0.1, -0.05) is 13.8 Å². The normalized spacial score (nSPS) is 10.8. The van der Waals surface area contributed by atoms with E-state index in [0.717, 1.165) is 32.1 Å². The van der Waals surface area contributed by atoms with Crippen LogP contribution in [-0.2, 0) is 0 Å². The summed E-state index contributed by atoms with van der Waals surface area (Å²) in [4.78, 5) is 6.80. The molecule has 5 heteroatoms. The topological polar surface area (TPSA) is 39.7 Å². The minimum Gasteiger partial charge on any atom is -0.357 e. The number of aliphatic imine (C=N–C) groups is 1. The molecule has 2 N–H and O–H groups in total. The molecule has 0 bridgehead atoms. The summed E-state index contributed by atoms with van der Waals surface area (Å²) >= 11 is 0. The van der Waals surface area contributed by atoms with Crippen LogP contribution >= 0.6 is 24.0 Å². The van der Waals surface area contributed by atoms with Crippen LogP contribution in [0.4, 0.5) is 0 Å². The lowest BCUT2D eigenvalue weighted by molar-refractivity contribution is 0.248. The largest absolute Gasteiger partial charge is 0.357 e. The molecule has 0 rings (SSSR count). The maximum atomic E-state index is 4.60. The Morgan fingerprint density at radius 2 is 1.59 bits per heavy atom. The lowest BCUT2D eigenvalue weighted by Gasteiger charge is -2.26. The Hall–Kier alpha value is -0.0400. The summed E-state index contributed by atoms with van der Waals surface area (Å²) in [7, 11) is 4.20. The van der Waals surface area contributed by atoms with Gasteiger partial charge in [-0.15, -0.1) is 24.0 Å². The van der Waals surface area contributed by atoms with E-state index in [1.165, 1.54) is 0 Å². The Morgan fingerprint density at radius 1 is 1.12 bits per heavy atom. The second-order valence-electron chi connectivity index (χ2n) is 5.13. The van der Waals surface area contributed by atoms with Gasteiger partial charge in [0, 0.05) is 26.2 Å². The molecule has 0 fully saturated rings. The van der Waals surface area contributed by atoms with E-state index >= 15 is 0 Å². The number of nitrogens with one attached hydrogen (secondary N) is 2. The van der Waals surface area contributed by atoms with Crippen molar-refractivity contribution < 1.29 is 0 Å². The zero-order valence-corrected chi connectivity index (χ0v) is 14.5. The van der Waals surface area contributed by atoms with Gasteiger partial charge in [0.25, 0.3) is 0 Å². The summed E-state index contributed by atoms with van der Waals surface area (Å²) in [6.07, 6.45) is 0. The fourth-order valence-corrected chi connectivity index (χ4v) is 1.71. The average molecular weight is 356 g/mol. The Kier molecular flexibility index (Phi) is 11.3. The van der Waals surface area contributed by atoms with Crippen LogP contribution in [0.1, 0.15) is 27.7 Å². The third-order valence-electron chi connectivity index (χ3n) is 2.10. The number of hydrogen-bond acceptors (Lipinski definition) is 2.